The Morgan fingerprint density at radius 2 is 1.21 bits per heavy atom. The Bertz CT molecular complexity index is 3510. The molecule has 552 valence electrons. The maximum Gasteiger partial charge on any atom is 0.341 e. The number of benzene rings is 2. The molecule has 3 aliphatic carbocycles. The maximum atomic E-state index is 14.7. The van der Waals surface area contributed by atoms with Crippen LogP contribution in [0.15, 0.2) is 79.1 Å². The van der Waals surface area contributed by atoms with Crippen molar-refractivity contribution in [1.29, 1.82) is 0 Å². The van der Waals surface area contributed by atoms with E-state index in [1.165, 1.54) is 13.8 Å². The number of nitrogens with one attached hydrogen (secondary N) is 2. The summed E-state index contributed by atoms with van der Waals surface area (Å²) in [4.78, 5) is 84.4. The lowest BCUT2D eigenvalue weighted by molar-refractivity contribution is -0.338. The average Bonchev–Trinajstić information content (AvgIpc) is 0.782. The van der Waals surface area contributed by atoms with Crippen LogP contribution in [0.4, 0.5) is 0 Å². The first-order valence-corrected chi connectivity index (χ1v) is 35.3. The van der Waals surface area contributed by atoms with E-state index in [0.29, 0.717) is 47.9 Å². The van der Waals surface area contributed by atoms with Crippen LogP contribution in [-0.2, 0) is 75.0 Å². The third-order valence-corrected chi connectivity index (χ3v) is 21.1. The highest BCUT2D eigenvalue weighted by Crippen LogP contribution is 2.42. The third-order valence-electron chi connectivity index (χ3n) is 21.1. The van der Waals surface area contributed by atoms with Crippen molar-refractivity contribution in [3.8, 4) is 0 Å². The van der Waals surface area contributed by atoms with Crippen LogP contribution >= 0.6 is 0 Å². The van der Waals surface area contributed by atoms with Crippen LogP contribution in [0.25, 0.3) is 21.9 Å². The van der Waals surface area contributed by atoms with Crippen molar-refractivity contribution in [2.75, 3.05) is 32.8 Å². The van der Waals surface area contributed by atoms with Crippen LogP contribution in [0.2, 0.25) is 0 Å². The molecule has 3 saturated carbocycles. The van der Waals surface area contributed by atoms with Gasteiger partial charge in [-0.25, -0.2) is 9.59 Å². The van der Waals surface area contributed by atoms with Crippen molar-refractivity contribution in [3.63, 3.8) is 0 Å². The summed E-state index contributed by atoms with van der Waals surface area (Å²) < 4.78 is 67.7. The molecule has 29 heteroatoms. The highest BCUT2D eigenvalue weighted by Gasteiger charge is 2.54. The molecule has 7 fully saturated rings. The van der Waals surface area contributed by atoms with E-state index >= 15 is 0 Å². The van der Waals surface area contributed by atoms with Crippen LogP contribution in [0.1, 0.15) is 122 Å². The molecule has 2 aromatic heterocycles. The quantitative estimate of drug-likeness (QED) is 0.0293. The number of carbonyl (C=O) groups is 4. The number of amides is 3. The Morgan fingerprint density at radius 3 is 1.83 bits per heavy atom. The summed E-state index contributed by atoms with van der Waals surface area (Å²) in [6.07, 6.45) is -22.3. The Balaban J connectivity index is 0.790. The van der Waals surface area contributed by atoms with Crippen molar-refractivity contribution in [2.24, 2.45) is 23.7 Å². The van der Waals surface area contributed by atoms with Gasteiger partial charge in [0, 0.05) is 55.6 Å². The van der Waals surface area contributed by atoms with Gasteiger partial charge in [0.2, 0.25) is 11.8 Å². The topological polar surface area (TPSA) is 421 Å². The van der Waals surface area contributed by atoms with Gasteiger partial charge in [-0.1, -0.05) is 81.8 Å². The van der Waals surface area contributed by atoms with Crippen LogP contribution < -0.4 is 21.9 Å². The highest BCUT2D eigenvalue weighted by atomic mass is 16.7. The second-order valence-corrected chi connectivity index (χ2v) is 28.0. The summed E-state index contributed by atoms with van der Waals surface area (Å²) in [5.41, 5.74) is -0.592. The third kappa shape index (κ3) is 17.5. The van der Waals surface area contributed by atoms with Gasteiger partial charge in [-0.2, -0.15) is 0 Å². The van der Waals surface area contributed by atoms with Crippen LogP contribution in [0.5, 0.6) is 0 Å². The summed E-state index contributed by atoms with van der Waals surface area (Å²) in [5, 5.41) is 108. The Morgan fingerprint density at radius 1 is 0.620 bits per heavy atom. The predicted octanol–water partition coefficient (Wildman–Crippen LogP) is 1.00. The van der Waals surface area contributed by atoms with E-state index in [2.05, 4.69) is 10.6 Å². The SMILES string of the molecule is CC[C@@H]1CC(C(=O)CCCNC(=O)[C@H]2CC(OCc3cc4ccccc4oc3=O)C(O)[C@H](O[C@@H]3OC(CO)[C@H](O)[C@@H](OCc4cc5ccccc5oc4=O)C3O)C2)C[C@@H](O[C@@H]2O[C@@H](CO)[C@H](O)C(O[C@@H](CC3CCCCC3)C(=O)N3CCC3)C2NC(C)=O)C1O[C@@H]1OC(C)[C@@H](O)[C@H](O)C1O. The van der Waals surface area contributed by atoms with Crippen molar-refractivity contribution in [1.82, 2.24) is 15.5 Å². The number of aliphatic hydroxyl groups is 9. The van der Waals surface area contributed by atoms with E-state index in [1.54, 1.807) is 65.6 Å². The van der Waals surface area contributed by atoms with Crippen molar-refractivity contribution in [2.45, 2.75) is 253 Å². The summed E-state index contributed by atoms with van der Waals surface area (Å²) in [5.74, 6) is -3.68. The largest absolute Gasteiger partial charge is 0.422 e. The minimum absolute atomic E-state index is 0.0324. The minimum Gasteiger partial charge on any atom is -0.422 e. The van der Waals surface area contributed by atoms with Gasteiger partial charge in [-0.15, -0.1) is 0 Å². The molecule has 100 heavy (non-hydrogen) atoms. The molecule has 11 rings (SSSR count). The number of aliphatic hydroxyl groups excluding tert-OH is 9. The fourth-order valence-electron chi connectivity index (χ4n) is 15.2. The van der Waals surface area contributed by atoms with E-state index in [1.807, 2.05) is 6.92 Å². The number of hydrogen-bond donors (Lipinski definition) is 11. The number of Topliss-reactive ketones (excluding diaryl/α,β-unsaturated/α-hetero) is 1. The molecule has 7 aliphatic rings. The van der Waals surface area contributed by atoms with Gasteiger partial charge in [0.15, 0.2) is 18.9 Å². The van der Waals surface area contributed by atoms with Gasteiger partial charge in [0.1, 0.15) is 96.2 Å². The number of carbonyl (C=O) groups excluding carboxylic acids is 4. The monoisotopic (exact) mass is 1410 g/mol. The number of hydrogen-bond acceptors (Lipinski definition) is 26. The lowest BCUT2D eigenvalue weighted by Gasteiger charge is -2.49. The lowest BCUT2D eigenvalue weighted by atomic mass is 9.74. The van der Waals surface area contributed by atoms with Crippen molar-refractivity contribution >= 4 is 45.4 Å². The number of likely N-dealkylation sites (tertiary alicyclic amines) is 1. The summed E-state index contributed by atoms with van der Waals surface area (Å²) >= 11 is 0. The van der Waals surface area contributed by atoms with Gasteiger partial charge in [-0.3, -0.25) is 19.2 Å². The summed E-state index contributed by atoms with van der Waals surface area (Å²) in [6, 6.07) is 15.4. The predicted molar refractivity (Wildman–Crippen MR) is 350 cm³/mol. The second kappa shape index (κ2) is 34.2. The van der Waals surface area contributed by atoms with Crippen LogP contribution in [-0.4, -0.2) is 236 Å². The zero-order chi connectivity index (χ0) is 71.1. The second-order valence-electron chi connectivity index (χ2n) is 28.0. The minimum atomic E-state index is -1.81. The van der Waals surface area contributed by atoms with E-state index in [9.17, 15) is 74.7 Å². The number of rotatable bonds is 27. The lowest BCUT2D eigenvalue weighted by Crippen LogP contribution is -2.67. The summed E-state index contributed by atoms with van der Waals surface area (Å²) in [6.45, 7) is 3.33. The molecule has 6 heterocycles. The van der Waals surface area contributed by atoms with Gasteiger partial charge in [-0.05, 0) is 88.0 Å². The Labute approximate surface area is 577 Å². The number of ether oxygens (including phenoxy) is 9. The molecule has 0 spiro atoms. The zero-order valence-corrected chi connectivity index (χ0v) is 56.5. The van der Waals surface area contributed by atoms with Gasteiger partial charge < -0.3 is 113 Å². The zero-order valence-electron chi connectivity index (χ0n) is 56.5. The molecule has 3 amide bonds. The molecule has 4 aromatic rings. The normalized spacial score (nSPS) is 35.4. The Hall–Kier alpha value is -5.78. The van der Waals surface area contributed by atoms with Gasteiger partial charge >= 0.3 is 11.3 Å². The average molecular weight is 1410 g/mol. The number of fused-ring (bicyclic) bond motifs is 2. The molecule has 11 N–H and O–H groups in total. The fourth-order valence-corrected chi connectivity index (χ4v) is 15.2. The highest BCUT2D eigenvalue weighted by molar-refractivity contribution is 5.83. The molecule has 0 radical (unpaired) electrons. The maximum absolute atomic E-state index is 14.7. The first-order valence-electron chi connectivity index (χ1n) is 35.3. The molecule has 4 aliphatic heterocycles. The standard InChI is InChI=1S/C71H97N3O26/c1-4-38-25-41(28-50(62(38)100-70-60(84)59(83)55(79)35(2)92-70)97-69-54(73-36(3)77)63(57(81)52(31-75)98-69)93-51(66(87)74-22-13-23-74)24-37-14-6-5-7-15-37)45(78)18-12-21-72-65(86)42-29-48(90-33-43-26-39-16-8-10-19-46(39)94-67(43)88)56(80)49(30-42)96-71-61(85)64(58(82)53(32-76)99-71)91-34-44-27-40-17-9-11-20-47(40)95-68(44)89/h8-11,16-17,19-20,26-27,35,37-38,41-42,48-64,69-71,75-76,79-85H,4-7,12-15,18,21-25,28-34H2,1-3H3,(H,72,86)(H,73,77)/t35?,38-,41?,42+,48?,49-,50-,51+,52+,53?,54?,55-,56?,57+,58+,59+,60?,61?,62?,63?,64-,69-,70+,71-/m1/s1. The van der Waals surface area contributed by atoms with Gasteiger partial charge in [0.05, 0.1) is 68.1 Å². The molecule has 4 saturated heterocycles. The van der Waals surface area contributed by atoms with Crippen molar-refractivity contribution in [3.05, 3.63) is 92.6 Å². The first-order chi connectivity index (χ1) is 48.1. The van der Waals surface area contributed by atoms with Gasteiger partial charge in [0.25, 0.3) is 5.91 Å². The van der Waals surface area contributed by atoms with E-state index in [4.69, 9.17) is 51.5 Å². The molecular formula is C71H97N3O26. The van der Waals surface area contributed by atoms with Crippen LogP contribution in [0.3, 0.4) is 0 Å². The number of ketones is 1. The summed E-state index contributed by atoms with van der Waals surface area (Å²) in [7, 11) is 0. The van der Waals surface area contributed by atoms with E-state index in [0.717, 1.165) is 38.5 Å². The Kier molecular flexibility index (Phi) is 25.8. The molecule has 2 aromatic carbocycles. The van der Waals surface area contributed by atoms with E-state index in [-0.39, 0.29) is 80.4 Å². The molecule has 0 bridgehead atoms. The number of para-hydroxylation sites is 2. The fraction of sp³-hybridized carbons (Fsp3) is 0.690. The first kappa shape index (κ1) is 75.4. The molecule has 10 unspecified atom stereocenters. The van der Waals surface area contributed by atoms with Crippen molar-refractivity contribution < 1.29 is 117 Å². The molecule has 24 atom stereocenters. The van der Waals surface area contributed by atoms with E-state index < -0.39 is 189 Å². The molecule has 29 nitrogen and oxygen atoms in total. The number of nitrogens with zero attached hydrogens (tertiary/aromatic N) is 1. The van der Waals surface area contributed by atoms with Crippen LogP contribution in [0, 0.1) is 23.7 Å². The molecular weight excluding hydrogens is 1310 g/mol. The smallest absolute Gasteiger partial charge is 0.341 e.